The number of hydrogen-bond donors (Lipinski definition) is 1. The van der Waals surface area contributed by atoms with Crippen LogP contribution in [0, 0.1) is 0 Å². The van der Waals surface area contributed by atoms with E-state index in [-0.39, 0.29) is 23.9 Å². The molecular weight excluding hydrogens is 376 g/mol. The van der Waals surface area contributed by atoms with E-state index < -0.39 is 5.60 Å². The number of carbonyl (C=O) groups excluding carboxylic acids is 3. The fourth-order valence-electron chi connectivity index (χ4n) is 4.14. The van der Waals surface area contributed by atoms with E-state index in [2.05, 4.69) is 10.5 Å². The summed E-state index contributed by atoms with van der Waals surface area (Å²) < 4.78 is 5.02. The highest BCUT2D eigenvalue weighted by molar-refractivity contribution is 6.39. The molecule has 9 heteroatoms. The van der Waals surface area contributed by atoms with E-state index in [9.17, 15) is 14.4 Å². The van der Waals surface area contributed by atoms with E-state index in [0.29, 0.717) is 77.0 Å². The Morgan fingerprint density at radius 2 is 1.83 bits per heavy atom. The Bertz CT molecular complexity index is 649. The second kappa shape index (κ2) is 9.45. The van der Waals surface area contributed by atoms with Gasteiger partial charge in [0.25, 0.3) is 5.91 Å². The van der Waals surface area contributed by atoms with Gasteiger partial charge in [-0.1, -0.05) is 12.1 Å². The zero-order chi connectivity index (χ0) is 20.9. The van der Waals surface area contributed by atoms with E-state index in [1.807, 2.05) is 11.8 Å². The van der Waals surface area contributed by atoms with Crippen molar-refractivity contribution in [2.24, 2.45) is 5.16 Å². The first kappa shape index (κ1) is 21.4. The third-order valence-corrected chi connectivity index (χ3v) is 5.95. The van der Waals surface area contributed by atoms with Gasteiger partial charge in [0, 0.05) is 57.9 Å². The second-order valence-corrected chi connectivity index (χ2v) is 8.05. The van der Waals surface area contributed by atoms with Crippen LogP contribution in [0.2, 0.25) is 0 Å². The zero-order valence-electron chi connectivity index (χ0n) is 17.4. The molecule has 1 N–H and O–H groups in total. The summed E-state index contributed by atoms with van der Waals surface area (Å²) in [6.45, 7) is 6.58. The summed E-state index contributed by atoms with van der Waals surface area (Å²) in [5, 5.41) is 7.09. The molecule has 3 aliphatic rings. The molecule has 0 aromatic heterocycles. The van der Waals surface area contributed by atoms with Crippen LogP contribution >= 0.6 is 0 Å². The van der Waals surface area contributed by atoms with Gasteiger partial charge >= 0.3 is 6.09 Å². The molecule has 3 rings (SSSR count). The minimum atomic E-state index is -0.455. The molecule has 0 unspecified atom stereocenters. The van der Waals surface area contributed by atoms with E-state index in [4.69, 9.17) is 9.57 Å². The van der Waals surface area contributed by atoms with Gasteiger partial charge in [0.1, 0.15) is 11.3 Å². The molecule has 3 aliphatic heterocycles. The smallest absolute Gasteiger partial charge is 0.409 e. The lowest BCUT2D eigenvalue weighted by Gasteiger charge is -2.37. The molecule has 0 aliphatic carbocycles. The first-order valence-electron chi connectivity index (χ1n) is 10.7. The maximum absolute atomic E-state index is 12.6. The first-order chi connectivity index (χ1) is 14.0. The summed E-state index contributed by atoms with van der Waals surface area (Å²) in [4.78, 5) is 45.7. The lowest BCUT2D eigenvalue weighted by atomic mass is 9.86. The molecule has 0 radical (unpaired) electrons. The molecular formula is C20H32N4O5. The van der Waals surface area contributed by atoms with Gasteiger partial charge in [-0.25, -0.2) is 4.79 Å². The number of nitrogens with zero attached hydrogens (tertiary/aromatic N) is 3. The topological polar surface area (TPSA) is 101 Å². The van der Waals surface area contributed by atoms with Gasteiger partial charge in [-0.2, -0.15) is 0 Å². The molecule has 0 aromatic rings. The van der Waals surface area contributed by atoms with Gasteiger partial charge in [0.05, 0.1) is 6.61 Å². The molecule has 9 nitrogen and oxygen atoms in total. The minimum absolute atomic E-state index is 0.0148. The number of piperidine rings is 2. The summed E-state index contributed by atoms with van der Waals surface area (Å²) in [7, 11) is 0. The van der Waals surface area contributed by atoms with Gasteiger partial charge in [0.15, 0.2) is 0 Å². The van der Waals surface area contributed by atoms with Gasteiger partial charge in [0.2, 0.25) is 5.91 Å². The number of hydrogen-bond acceptors (Lipinski definition) is 6. The van der Waals surface area contributed by atoms with Crippen molar-refractivity contribution in [2.45, 2.75) is 70.4 Å². The molecule has 2 saturated heterocycles. The largest absolute Gasteiger partial charge is 0.450 e. The normalized spacial score (nSPS) is 21.5. The third kappa shape index (κ3) is 5.19. The summed E-state index contributed by atoms with van der Waals surface area (Å²) in [6.07, 6.45) is 4.39. The number of nitrogens with one attached hydrogen (secondary N) is 1. The van der Waals surface area contributed by atoms with Crippen LogP contribution in [0.1, 0.15) is 58.8 Å². The van der Waals surface area contributed by atoms with Crippen molar-refractivity contribution < 1.29 is 24.0 Å². The summed E-state index contributed by atoms with van der Waals surface area (Å²) in [5.74, 6) is -0.00524. The average molecular weight is 408 g/mol. The minimum Gasteiger partial charge on any atom is -0.450 e. The second-order valence-electron chi connectivity index (χ2n) is 8.05. The van der Waals surface area contributed by atoms with Crippen LogP contribution in [0.25, 0.3) is 0 Å². The molecule has 1 spiro atoms. The number of ether oxygens (including phenoxy) is 1. The number of likely N-dealkylation sites (tertiary alicyclic amines) is 2. The number of carbonyl (C=O) groups is 3. The van der Waals surface area contributed by atoms with Crippen LogP contribution in [0.3, 0.4) is 0 Å². The molecule has 0 aromatic carbocycles. The quantitative estimate of drug-likeness (QED) is 0.746. The number of amides is 3. The van der Waals surface area contributed by atoms with Crippen molar-refractivity contribution in [1.82, 2.24) is 15.1 Å². The van der Waals surface area contributed by atoms with Crippen molar-refractivity contribution in [2.75, 3.05) is 32.8 Å². The zero-order valence-corrected chi connectivity index (χ0v) is 17.4. The SMILES string of the molecule is CCCC(=O)N1CCC2(CC1)CC(C(=O)NC1CCN(C(=O)OCC)CC1)=NO2. The van der Waals surface area contributed by atoms with Gasteiger partial charge in [-0.3, -0.25) is 9.59 Å². The standard InChI is InChI=1S/C20H32N4O5/c1-3-5-17(25)23-12-8-20(9-13-23)14-16(22-29-20)18(26)21-15-6-10-24(11-7-15)19(27)28-4-2/h15H,3-14H2,1-2H3,(H,21,26). The Labute approximate surface area is 171 Å². The predicted molar refractivity (Wildman–Crippen MR) is 106 cm³/mol. The van der Waals surface area contributed by atoms with Crippen molar-refractivity contribution in [3.8, 4) is 0 Å². The highest BCUT2D eigenvalue weighted by Crippen LogP contribution is 2.35. The Balaban J connectivity index is 1.42. The average Bonchev–Trinajstić information content (AvgIpc) is 3.13. The third-order valence-electron chi connectivity index (χ3n) is 5.95. The van der Waals surface area contributed by atoms with Crippen LogP contribution in [-0.4, -0.2) is 77.8 Å². The molecule has 0 saturated carbocycles. The summed E-state index contributed by atoms with van der Waals surface area (Å²) in [6, 6.07) is 0.0148. The van der Waals surface area contributed by atoms with E-state index in [1.165, 1.54) is 0 Å². The van der Waals surface area contributed by atoms with E-state index >= 15 is 0 Å². The van der Waals surface area contributed by atoms with Gasteiger partial charge in [-0.05, 0) is 26.2 Å². The number of rotatable bonds is 5. The summed E-state index contributed by atoms with van der Waals surface area (Å²) in [5.41, 5.74) is -0.0330. The Hall–Kier alpha value is -2.32. The van der Waals surface area contributed by atoms with Crippen LogP contribution < -0.4 is 5.32 Å². The van der Waals surface area contributed by atoms with Crippen LogP contribution in [-0.2, 0) is 19.2 Å². The molecule has 0 atom stereocenters. The molecule has 2 fully saturated rings. The fourth-order valence-corrected chi connectivity index (χ4v) is 4.14. The highest BCUT2D eigenvalue weighted by Gasteiger charge is 2.44. The van der Waals surface area contributed by atoms with E-state index in [1.54, 1.807) is 11.8 Å². The predicted octanol–water partition coefficient (Wildman–Crippen LogP) is 1.66. The molecule has 0 bridgehead atoms. The maximum atomic E-state index is 12.6. The first-order valence-corrected chi connectivity index (χ1v) is 10.7. The highest BCUT2D eigenvalue weighted by atomic mass is 16.7. The van der Waals surface area contributed by atoms with Crippen molar-refractivity contribution >= 4 is 23.6 Å². The Kier molecular flexibility index (Phi) is 6.97. The lowest BCUT2D eigenvalue weighted by molar-refractivity contribution is -0.137. The molecule has 3 amide bonds. The van der Waals surface area contributed by atoms with Crippen molar-refractivity contribution in [1.29, 1.82) is 0 Å². The maximum Gasteiger partial charge on any atom is 0.409 e. The van der Waals surface area contributed by atoms with E-state index in [0.717, 1.165) is 6.42 Å². The lowest BCUT2D eigenvalue weighted by Crippen LogP contribution is -2.49. The molecule has 29 heavy (non-hydrogen) atoms. The molecule has 3 heterocycles. The van der Waals surface area contributed by atoms with Crippen LogP contribution in [0.15, 0.2) is 5.16 Å². The van der Waals surface area contributed by atoms with Gasteiger partial charge < -0.3 is 24.7 Å². The Morgan fingerprint density at radius 3 is 2.45 bits per heavy atom. The Morgan fingerprint density at radius 1 is 1.14 bits per heavy atom. The number of oxime groups is 1. The molecule has 162 valence electrons. The van der Waals surface area contributed by atoms with Crippen molar-refractivity contribution in [3.05, 3.63) is 0 Å². The summed E-state index contributed by atoms with van der Waals surface area (Å²) >= 11 is 0. The van der Waals surface area contributed by atoms with Crippen LogP contribution in [0.4, 0.5) is 4.79 Å². The monoisotopic (exact) mass is 408 g/mol. The van der Waals surface area contributed by atoms with Crippen LogP contribution in [0.5, 0.6) is 0 Å². The van der Waals surface area contributed by atoms with Gasteiger partial charge in [-0.15, -0.1) is 0 Å². The fraction of sp³-hybridized carbons (Fsp3) is 0.800. The van der Waals surface area contributed by atoms with Crippen molar-refractivity contribution in [3.63, 3.8) is 0 Å².